The minimum Gasteiger partial charge on any atom is -0.490 e. The largest absolute Gasteiger partial charge is 0.490 e. The van der Waals surface area contributed by atoms with Crippen LogP contribution in [0.3, 0.4) is 0 Å². The van der Waals surface area contributed by atoms with Crippen molar-refractivity contribution in [1.82, 2.24) is 0 Å². The quantitative estimate of drug-likeness (QED) is 0.721. The zero-order valence-corrected chi connectivity index (χ0v) is 10.8. The van der Waals surface area contributed by atoms with Gasteiger partial charge in [0.25, 0.3) is 0 Å². The van der Waals surface area contributed by atoms with E-state index in [1.165, 1.54) is 0 Å². The monoisotopic (exact) mass is 336 g/mol. The molecular weight excluding hydrogens is 332 g/mol. The van der Waals surface area contributed by atoms with E-state index in [4.69, 9.17) is 27.9 Å². The maximum Gasteiger partial charge on any atom is 0.416 e. The Morgan fingerprint density at radius 1 is 1.19 bits per heavy atom. The highest BCUT2D eigenvalue weighted by Gasteiger charge is 2.32. The summed E-state index contributed by atoms with van der Waals surface area (Å²) in [4.78, 5) is 0. The van der Waals surface area contributed by atoms with Gasteiger partial charge in [-0.1, -0.05) is 39.1 Å². The predicted octanol–water partition coefficient (Wildman–Crippen LogP) is 4.79. The van der Waals surface area contributed by atoms with Crippen LogP contribution in [0.4, 0.5) is 13.2 Å². The molecule has 1 nitrogen and oxygen atoms in total. The summed E-state index contributed by atoms with van der Waals surface area (Å²) in [6.45, 7) is 0.269. The molecule has 0 spiro atoms. The van der Waals surface area contributed by atoms with Crippen molar-refractivity contribution in [3.8, 4) is 5.75 Å². The van der Waals surface area contributed by atoms with Crippen LogP contribution in [0.2, 0.25) is 10.0 Å². The first kappa shape index (κ1) is 13.9. The molecule has 90 valence electrons. The Hall–Kier alpha value is -0.130. The summed E-state index contributed by atoms with van der Waals surface area (Å²) in [5.74, 6) is 0.0655. The van der Waals surface area contributed by atoms with Crippen molar-refractivity contribution >= 4 is 39.1 Å². The van der Waals surface area contributed by atoms with E-state index >= 15 is 0 Å². The second-order valence-corrected chi connectivity index (χ2v) is 4.41. The molecule has 16 heavy (non-hydrogen) atoms. The SMILES string of the molecule is FC(F)(F)c1cc(Cl)c(OCCBr)c(Cl)c1. The lowest BCUT2D eigenvalue weighted by Gasteiger charge is -2.12. The Morgan fingerprint density at radius 3 is 2.06 bits per heavy atom. The van der Waals surface area contributed by atoms with Gasteiger partial charge in [0.05, 0.1) is 22.2 Å². The summed E-state index contributed by atoms with van der Waals surface area (Å²) >= 11 is 14.4. The van der Waals surface area contributed by atoms with E-state index in [1.807, 2.05) is 0 Å². The van der Waals surface area contributed by atoms with Gasteiger partial charge in [-0.25, -0.2) is 0 Å². The number of halogens is 6. The Labute approximate surface area is 109 Å². The highest BCUT2D eigenvalue weighted by Crippen LogP contribution is 2.39. The number of benzene rings is 1. The summed E-state index contributed by atoms with van der Waals surface area (Å²) in [7, 11) is 0. The first-order chi connectivity index (χ1) is 7.36. The lowest BCUT2D eigenvalue weighted by Crippen LogP contribution is -2.06. The van der Waals surface area contributed by atoms with Gasteiger partial charge in [0, 0.05) is 5.33 Å². The third-order valence-electron chi connectivity index (χ3n) is 1.65. The van der Waals surface area contributed by atoms with E-state index in [-0.39, 0.29) is 22.4 Å². The second-order valence-electron chi connectivity index (χ2n) is 2.80. The maximum absolute atomic E-state index is 12.4. The predicted molar refractivity (Wildman–Crippen MR) is 60.8 cm³/mol. The van der Waals surface area contributed by atoms with Gasteiger partial charge < -0.3 is 4.74 Å². The first-order valence-electron chi connectivity index (χ1n) is 4.11. The van der Waals surface area contributed by atoms with Crippen LogP contribution in [0.5, 0.6) is 5.75 Å². The molecule has 1 aromatic carbocycles. The van der Waals surface area contributed by atoms with Crippen molar-refractivity contribution in [2.75, 3.05) is 11.9 Å². The second kappa shape index (κ2) is 5.47. The van der Waals surface area contributed by atoms with Crippen LogP contribution in [0, 0.1) is 0 Å². The Kier molecular flexibility index (Phi) is 4.76. The van der Waals surface area contributed by atoms with E-state index < -0.39 is 11.7 Å². The van der Waals surface area contributed by atoms with Crippen molar-refractivity contribution in [2.24, 2.45) is 0 Å². The standard InChI is InChI=1S/C9H6BrCl2F3O/c10-1-2-16-8-6(11)3-5(4-7(8)12)9(13,14)15/h3-4H,1-2H2. The van der Waals surface area contributed by atoms with Gasteiger partial charge in [-0.3, -0.25) is 0 Å². The van der Waals surface area contributed by atoms with Gasteiger partial charge in [0.1, 0.15) is 0 Å². The molecule has 0 atom stereocenters. The summed E-state index contributed by atoms with van der Waals surface area (Å²) in [6.07, 6.45) is -4.47. The molecular formula is C9H6BrCl2F3O. The summed E-state index contributed by atoms with van der Waals surface area (Å²) in [5.41, 5.74) is -0.895. The molecule has 0 aliphatic carbocycles. The van der Waals surface area contributed by atoms with Gasteiger partial charge in [0.2, 0.25) is 0 Å². The lowest BCUT2D eigenvalue weighted by molar-refractivity contribution is -0.137. The van der Waals surface area contributed by atoms with Crippen LogP contribution < -0.4 is 4.74 Å². The molecule has 0 unspecified atom stereocenters. The molecule has 0 heterocycles. The zero-order chi connectivity index (χ0) is 12.3. The van der Waals surface area contributed by atoms with Crippen LogP contribution in [-0.2, 0) is 6.18 Å². The lowest BCUT2D eigenvalue weighted by atomic mass is 10.2. The smallest absolute Gasteiger partial charge is 0.416 e. The molecule has 0 aromatic heterocycles. The van der Waals surface area contributed by atoms with Crippen molar-refractivity contribution in [3.63, 3.8) is 0 Å². The normalized spacial score (nSPS) is 11.6. The molecule has 0 aliphatic heterocycles. The van der Waals surface area contributed by atoms with Gasteiger partial charge in [-0.15, -0.1) is 0 Å². The zero-order valence-electron chi connectivity index (χ0n) is 7.74. The molecule has 0 radical (unpaired) electrons. The Balaban J connectivity index is 3.08. The van der Waals surface area contributed by atoms with Crippen molar-refractivity contribution in [1.29, 1.82) is 0 Å². The van der Waals surface area contributed by atoms with Crippen molar-refractivity contribution < 1.29 is 17.9 Å². The number of rotatable bonds is 3. The summed E-state index contributed by atoms with van der Waals surface area (Å²) < 4.78 is 42.2. The minimum absolute atomic E-state index is 0.0655. The third kappa shape index (κ3) is 3.43. The topological polar surface area (TPSA) is 9.23 Å². The van der Waals surface area contributed by atoms with E-state index in [0.717, 1.165) is 12.1 Å². The van der Waals surface area contributed by atoms with E-state index in [9.17, 15) is 13.2 Å². The van der Waals surface area contributed by atoms with Crippen molar-refractivity contribution in [2.45, 2.75) is 6.18 Å². The average molecular weight is 338 g/mol. The van der Waals surface area contributed by atoms with E-state index in [0.29, 0.717) is 5.33 Å². The fraction of sp³-hybridized carbons (Fsp3) is 0.333. The molecule has 7 heteroatoms. The number of alkyl halides is 4. The number of hydrogen-bond acceptors (Lipinski definition) is 1. The van der Waals surface area contributed by atoms with Gasteiger partial charge in [0.15, 0.2) is 5.75 Å². The molecule has 0 bridgehead atoms. The molecule has 0 amide bonds. The van der Waals surface area contributed by atoms with Crippen LogP contribution in [0.15, 0.2) is 12.1 Å². The summed E-state index contributed by atoms with van der Waals surface area (Å²) in [6, 6.07) is 1.58. The average Bonchev–Trinajstić information content (AvgIpc) is 2.15. The molecule has 0 fully saturated rings. The highest BCUT2D eigenvalue weighted by atomic mass is 79.9. The highest BCUT2D eigenvalue weighted by molar-refractivity contribution is 9.09. The van der Waals surface area contributed by atoms with Gasteiger partial charge in [-0.05, 0) is 12.1 Å². The number of ether oxygens (including phenoxy) is 1. The van der Waals surface area contributed by atoms with Crippen molar-refractivity contribution in [3.05, 3.63) is 27.7 Å². The fourth-order valence-corrected chi connectivity index (χ4v) is 1.76. The Bertz CT molecular complexity index is 359. The fourth-order valence-electron chi connectivity index (χ4n) is 1.00. The molecule has 0 saturated carbocycles. The Morgan fingerprint density at radius 2 is 1.69 bits per heavy atom. The minimum atomic E-state index is -4.47. The van der Waals surface area contributed by atoms with E-state index in [1.54, 1.807) is 0 Å². The van der Waals surface area contributed by atoms with Crippen LogP contribution >= 0.6 is 39.1 Å². The van der Waals surface area contributed by atoms with E-state index in [2.05, 4.69) is 15.9 Å². The van der Waals surface area contributed by atoms with Crippen LogP contribution in [0.25, 0.3) is 0 Å². The first-order valence-corrected chi connectivity index (χ1v) is 5.99. The van der Waals surface area contributed by atoms with Gasteiger partial charge >= 0.3 is 6.18 Å². The van der Waals surface area contributed by atoms with Crippen LogP contribution in [0.1, 0.15) is 5.56 Å². The third-order valence-corrected chi connectivity index (χ3v) is 2.53. The maximum atomic E-state index is 12.4. The number of hydrogen-bond donors (Lipinski definition) is 0. The van der Waals surface area contributed by atoms with Crippen LogP contribution in [-0.4, -0.2) is 11.9 Å². The molecule has 0 N–H and O–H groups in total. The molecule has 1 rings (SSSR count). The molecule has 0 saturated heterocycles. The molecule has 0 aliphatic rings. The summed E-state index contributed by atoms with van der Waals surface area (Å²) in [5, 5.41) is 0.224. The van der Waals surface area contributed by atoms with Gasteiger partial charge in [-0.2, -0.15) is 13.2 Å². The molecule has 1 aromatic rings.